The average molecular weight is 278 g/mol. The minimum Gasteiger partial charge on any atom is -0.464 e. The lowest BCUT2D eigenvalue weighted by molar-refractivity contribution is -0.139. The summed E-state index contributed by atoms with van der Waals surface area (Å²) in [4.78, 5) is 11.4. The largest absolute Gasteiger partial charge is 0.464 e. The number of carbonyl (C=O) groups excluding carboxylic acids is 1. The topological polar surface area (TPSA) is 58.9 Å². The number of rotatable bonds is 5. The maximum atomic E-state index is 11.4. The summed E-state index contributed by atoms with van der Waals surface area (Å²) in [5.74, 6) is 1.39. The Hall–Kier alpha value is -0.420. The summed E-state index contributed by atoms with van der Waals surface area (Å²) in [6.45, 7) is 0.263. The Bertz CT molecular complexity index is 324. The number of esters is 1. The van der Waals surface area contributed by atoms with Crippen LogP contribution >= 0.6 is 23.4 Å². The molecule has 0 aromatic heterocycles. The highest BCUT2D eigenvalue weighted by molar-refractivity contribution is 8.01. The second-order valence-corrected chi connectivity index (χ2v) is 5.94. The molecule has 1 N–H and O–H groups in total. The van der Waals surface area contributed by atoms with E-state index in [1.54, 1.807) is 0 Å². The van der Waals surface area contributed by atoms with Crippen LogP contribution in [0.25, 0.3) is 0 Å². The first-order valence-electron chi connectivity index (χ1n) is 5.81. The van der Waals surface area contributed by atoms with Crippen LogP contribution in [0.2, 0.25) is 0 Å². The van der Waals surface area contributed by atoms with Crippen LogP contribution < -0.4 is 0 Å². The number of oxime groups is 1. The first-order chi connectivity index (χ1) is 8.26. The maximum absolute atomic E-state index is 11.4. The fourth-order valence-electron chi connectivity index (χ4n) is 2.75. The van der Waals surface area contributed by atoms with Crippen LogP contribution in [0.5, 0.6) is 0 Å². The summed E-state index contributed by atoms with van der Waals surface area (Å²) in [7, 11) is 0. The molecule has 4 nitrogen and oxygen atoms in total. The Morgan fingerprint density at radius 2 is 2.41 bits per heavy atom. The maximum Gasteiger partial charge on any atom is 0.315 e. The summed E-state index contributed by atoms with van der Waals surface area (Å²) in [5, 5.41) is 12.6. The lowest BCUT2D eigenvalue weighted by atomic mass is 9.98. The van der Waals surface area contributed by atoms with Gasteiger partial charge in [0.15, 0.2) is 0 Å². The lowest BCUT2D eigenvalue weighted by Crippen LogP contribution is -2.26. The van der Waals surface area contributed by atoms with Gasteiger partial charge in [0.25, 0.3) is 0 Å². The van der Waals surface area contributed by atoms with Gasteiger partial charge in [-0.3, -0.25) is 4.79 Å². The van der Waals surface area contributed by atoms with Gasteiger partial charge >= 0.3 is 5.97 Å². The molecule has 0 saturated heterocycles. The number of thioether (sulfide) groups is 1. The van der Waals surface area contributed by atoms with Gasteiger partial charge < -0.3 is 9.94 Å². The quantitative estimate of drug-likeness (QED) is 0.362. The van der Waals surface area contributed by atoms with Crippen LogP contribution in [0.15, 0.2) is 5.16 Å². The first kappa shape index (κ1) is 13.0. The van der Waals surface area contributed by atoms with Crippen LogP contribution in [0.3, 0.4) is 0 Å². The second-order valence-electron chi connectivity index (χ2n) is 4.44. The monoisotopic (exact) mass is 277 g/mol. The van der Waals surface area contributed by atoms with Gasteiger partial charge in [0.05, 0.1) is 22.6 Å². The van der Waals surface area contributed by atoms with Crippen molar-refractivity contribution in [2.45, 2.75) is 24.5 Å². The summed E-state index contributed by atoms with van der Waals surface area (Å²) in [5.41, 5.74) is 0.872. The molecule has 6 heteroatoms. The zero-order valence-corrected chi connectivity index (χ0v) is 11.0. The zero-order chi connectivity index (χ0) is 12.3. The summed E-state index contributed by atoms with van der Waals surface area (Å²) >= 11 is 6.96. The molecule has 0 aromatic carbocycles. The third-order valence-electron chi connectivity index (χ3n) is 3.45. The van der Waals surface area contributed by atoms with E-state index in [0.29, 0.717) is 23.5 Å². The fraction of sp³-hybridized carbons (Fsp3) is 0.818. The van der Waals surface area contributed by atoms with Crippen molar-refractivity contribution in [2.24, 2.45) is 17.0 Å². The van der Waals surface area contributed by atoms with E-state index in [9.17, 15) is 4.79 Å². The normalized spacial score (nSPS) is 33.2. The van der Waals surface area contributed by atoms with E-state index in [0.717, 1.165) is 18.6 Å². The molecule has 3 unspecified atom stereocenters. The Kier molecular flexibility index (Phi) is 4.56. The Labute approximate surface area is 110 Å². The predicted molar refractivity (Wildman–Crippen MR) is 68.0 cm³/mol. The highest BCUT2D eigenvalue weighted by Crippen LogP contribution is 2.47. The molecule has 0 amide bonds. The molecule has 0 heterocycles. The van der Waals surface area contributed by atoms with Crippen LogP contribution in [-0.4, -0.2) is 40.4 Å². The van der Waals surface area contributed by atoms with Gasteiger partial charge in [0.1, 0.15) is 6.61 Å². The van der Waals surface area contributed by atoms with Crippen LogP contribution in [0.1, 0.15) is 19.3 Å². The molecule has 0 aromatic rings. The highest BCUT2D eigenvalue weighted by atomic mass is 35.5. The molecule has 2 fully saturated rings. The van der Waals surface area contributed by atoms with Gasteiger partial charge in [-0.05, 0) is 25.2 Å². The van der Waals surface area contributed by atoms with Crippen molar-refractivity contribution in [2.75, 3.05) is 18.2 Å². The lowest BCUT2D eigenvalue weighted by Gasteiger charge is -2.21. The Morgan fingerprint density at radius 3 is 3.12 bits per heavy atom. The third kappa shape index (κ3) is 2.88. The third-order valence-corrected chi connectivity index (χ3v) is 4.99. The summed E-state index contributed by atoms with van der Waals surface area (Å²) in [6, 6.07) is 0. The number of nitrogens with zero attached hydrogens (tertiary/aromatic N) is 1. The van der Waals surface area contributed by atoms with E-state index in [1.165, 1.54) is 18.2 Å². The molecule has 2 aliphatic rings. The number of carbonyl (C=O) groups is 1. The first-order valence-corrected chi connectivity index (χ1v) is 7.39. The van der Waals surface area contributed by atoms with E-state index in [4.69, 9.17) is 21.5 Å². The van der Waals surface area contributed by atoms with Crippen molar-refractivity contribution in [3.05, 3.63) is 0 Å². The molecule has 2 bridgehead atoms. The highest BCUT2D eigenvalue weighted by Gasteiger charge is 2.45. The van der Waals surface area contributed by atoms with Crippen LogP contribution in [0, 0.1) is 11.8 Å². The van der Waals surface area contributed by atoms with Crippen molar-refractivity contribution in [1.82, 2.24) is 0 Å². The van der Waals surface area contributed by atoms with Gasteiger partial charge in [-0.2, -0.15) is 0 Å². The smallest absolute Gasteiger partial charge is 0.315 e. The van der Waals surface area contributed by atoms with Crippen molar-refractivity contribution >= 4 is 35.0 Å². The van der Waals surface area contributed by atoms with Crippen molar-refractivity contribution in [1.29, 1.82) is 0 Å². The molecule has 2 saturated carbocycles. The number of fused-ring (bicyclic) bond motifs is 2. The van der Waals surface area contributed by atoms with Gasteiger partial charge in [-0.1, -0.05) is 5.16 Å². The van der Waals surface area contributed by atoms with Gasteiger partial charge in [-0.15, -0.1) is 23.4 Å². The number of hydrogen-bond acceptors (Lipinski definition) is 5. The standard InChI is InChI=1S/C11H16ClNO3S/c12-3-4-16-9(14)6-17-11-8-2-1-7(5-8)10(11)13-15/h7-8,11,15H,1-6H2/b13-10-. The number of halogens is 1. The van der Waals surface area contributed by atoms with Crippen LogP contribution in [0.4, 0.5) is 0 Å². The van der Waals surface area contributed by atoms with Crippen molar-refractivity contribution in [3.8, 4) is 0 Å². The molecule has 3 atom stereocenters. The van der Waals surface area contributed by atoms with Gasteiger partial charge in [0, 0.05) is 5.92 Å². The number of alkyl halides is 1. The van der Waals surface area contributed by atoms with E-state index in [2.05, 4.69) is 5.16 Å². The molecule has 0 radical (unpaired) electrons. The van der Waals surface area contributed by atoms with E-state index >= 15 is 0 Å². The van der Waals surface area contributed by atoms with Crippen LogP contribution in [-0.2, 0) is 9.53 Å². The SMILES string of the molecule is O=C(CSC1/C(=N\O)C2CCC1C2)OCCCl. The van der Waals surface area contributed by atoms with E-state index < -0.39 is 0 Å². The molecular formula is C11H16ClNO3S. The van der Waals surface area contributed by atoms with Gasteiger partial charge in [0.2, 0.25) is 0 Å². The summed E-state index contributed by atoms with van der Waals surface area (Å²) < 4.78 is 4.91. The minimum atomic E-state index is -0.240. The minimum absolute atomic E-state index is 0.197. The second kappa shape index (κ2) is 5.96. The molecular weight excluding hydrogens is 262 g/mol. The summed E-state index contributed by atoms with van der Waals surface area (Å²) in [6.07, 6.45) is 3.41. The Balaban J connectivity index is 1.81. The molecule has 17 heavy (non-hydrogen) atoms. The molecule has 96 valence electrons. The van der Waals surface area contributed by atoms with E-state index in [-0.39, 0.29) is 17.8 Å². The molecule has 0 spiro atoms. The average Bonchev–Trinajstić information content (AvgIpc) is 2.93. The number of hydrogen-bond donors (Lipinski definition) is 1. The fourth-order valence-corrected chi connectivity index (χ4v) is 4.15. The molecule has 2 rings (SSSR count). The Morgan fingerprint density at radius 1 is 1.59 bits per heavy atom. The van der Waals surface area contributed by atoms with E-state index in [1.807, 2.05) is 0 Å². The zero-order valence-electron chi connectivity index (χ0n) is 9.47. The predicted octanol–water partition coefficient (Wildman–Crippen LogP) is 2.13. The molecule has 2 aliphatic carbocycles. The molecule has 0 aliphatic heterocycles. The van der Waals surface area contributed by atoms with Crippen molar-refractivity contribution in [3.63, 3.8) is 0 Å². The van der Waals surface area contributed by atoms with Crippen molar-refractivity contribution < 1.29 is 14.7 Å². The number of ether oxygens (including phenoxy) is 1. The van der Waals surface area contributed by atoms with Gasteiger partial charge in [-0.25, -0.2) is 0 Å².